The number of carbonyl (C=O) groups excluding carboxylic acids is 1. The van der Waals surface area contributed by atoms with Gasteiger partial charge in [0, 0.05) is 21.9 Å². The van der Waals surface area contributed by atoms with Gasteiger partial charge in [0.05, 0.1) is 24.4 Å². The Morgan fingerprint density at radius 3 is 2.76 bits per heavy atom. The second-order valence-corrected chi connectivity index (χ2v) is 8.23. The summed E-state index contributed by atoms with van der Waals surface area (Å²) < 4.78 is 7.18. The third-order valence-electron chi connectivity index (χ3n) is 4.15. The molecule has 0 aliphatic carbocycles. The first kappa shape index (κ1) is 19.4. The third kappa shape index (κ3) is 4.55. The molecule has 0 saturated heterocycles. The van der Waals surface area contributed by atoms with Gasteiger partial charge >= 0.3 is 0 Å². The van der Waals surface area contributed by atoms with Crippen molar-refractivity contribution in [2.45, 2.75) is 20.3 Å². The van der Waals surface area contributed by atoms with E-state index in [0.29, 0.717) is 24.0 Å². The number of hydrogen-bond acceptors (Lipinski definition) is 6. The zero-order valence-corrected chi connectivity index (χ0v) is 17.7. The van der Waals surface area contributed by atoms with Crippen LogP contribution in [0.2, 0.25) is 0 Å². The largest absolute Gasteiger partial charge is 0.494 e. The van der Waals surface area contributed by atoms with Gasteiger partial charge in [-0.25, -0.2) is 4.98 Å². The first-order valence-electron chi connectivity index (χ1n) is 9.20. The van der Waals surface area contributed by atoms with Crippen molar-refractivity contribution in [3.05, 3.63) is 63.8 Å². The Kier molecular flexibility index (Phi) is 5.73. The number of aromatic nitrogens is 3. The Labute approximate surface area is 176 Å². The van der Waals surface area contributed by atoms with Crippen molar-refractivity contribution in [1.82, 2.24) is 14.8 Å². The molecule has 3 heterocycles. The van der Waals surface area contributed by atoms with E-state index < -0.39 is 0 Å². The molecule has 1 N–H and O–H groups in total. The van der Waals surface area contributed by atoms with E-state index >= 15 is 0 Å². The molecule has 1 aromatic carbocycles. The molecule has 0 atom stereocenters. The first-order valence-corrected chi connectivity index (χ1v) is 11.0. The highest BCUT2D eigenvalue weighted by Gasteiger charge is 2.15. The van der Waals surface area contributed by atoms with Gasteiger partial charge in [-0.15, -0.1) is 22.7 Å². The van der Waals surface area contributed by atoms with Crippen LogP contribution in [-0.4, -0.2) is 27.3 Å². The lowest BCUT2D eigenvalue weighted by Gasteiger charge is -2.06. The lowest BCUT2D eigenvalue weighted by Crippen LogP contribution is -2.16. The summed E-state index contributed by atoms with van der Waals surface area (Å²) in [5, 5.41) is 12.1. The number of hydrogen-bond donors (Lipinski definition) is 1. The molecule has 0 spiro atoms. The molecule has 148 valence electrons. The SMILES string of the molecule is CCOc1ccc(-c2csc(-n3nc(C)cc3NC(=O)Cc3cccs3)n2)cc1. The quantitative estimate of drug-likeness (QED) is 0.456. The fourth-order valence-corrected chi connectivity index (χ4v) is 4.37. The van der Waals surface area contributed by atoms with E-state index in [1.165, 1.54) is 11.3 Å². The molecule has 0 saturated carbocycles. The molecule has 3 aromatic heterocycles. The van der Waals surface area contributed by atoms with Crippen LogP contribution in [0.4, 0.5) is 5.82 Å². The molecule has 1 amide bonds. The van der Waals surface area contributed by atoms with Gasteiger partial charge in [-0.1, -0.05) is 6.07 Å². The fraction of sp³-hybridized carbons (Fsp3) is 0.190. The van der Waals surface area contributed by atoms with Crippen LogP contribution in [0, 0.1) is 6.92 Å². The molecular formula is C21H20N4O2S2. The lowest BCUT2D eigenvalue weighted by atomic mass is 10.2. The molecule has 0 radical (unpaired) electrons. The standard InChI is InChI=1S/C21H20N4O2S2/c1-3-27-16-8-6-15(7-9-16)18-13-29-21(22-18)25-19(11-14(2)24-25)23-20(26)12-17-5-4-10-28-17/h4-11,13H,3,12H2,1-2H3,(H,23,26). The summed E-state index contributed by atoms with van der Waals surface area (Å²) in [6.45, 7) is 4.50. The summed E-state index contributed by atoms with van der Waals surface area (Å²) in [7, 11) is 0. The van der Waals surface area contributed by atoms with E-state index in [4.69, 9.17) is 9.72 Å². The van der Waals surface area contributed by atoms with E-state index in [1.54, 1.807) is 16.0 Å². The van der Waals surface area contributed by atoms with Crippen LogP contribution >= 0.6 is 22.7 Å². The smallest absolute Gasteiger partial charge is 0.230 e. The Balaban J connectivity index is 1.54. The highest BCUT2D eigenvalue weighted by atomic mass is 32.1. The van der Waals surface area contributed by atoms with Crippen molar-refractivity contribution in [3.8, 4) is 22.1 Å². The minimum Gasteiger partial charge on any atom is -0.494 e. The van der Waals surface area contributed by atoms with Gasteiger partial charge in [0.25, 0.3) is 0 Å². The van der Waals surface area contributed by atoms with Crippen LogP contribution in [0.5, 0.6) is 5.75 Å². The zero-order chi connectivity index (χ0) is 20.2. The number of rotatable bonds is 7. The van der Waals surface area contributed by atoms with Crippen LogP contribution in [0.3, 0.4) is 0 Å². The van der Waals surface area contributed by atoms with E-state index in [0.717, 1.165) is 27.6 Å². The van der Waals surface area contributed by atoms with Crippen molar-refractivity contribution >= 4 is 34.4 Å². The van der Waals surface area contributed by atoms with Crippen molar-refractivity contribution in [2.24, 2.45) is 0 Å². The second-order valence-electron chi connectivity index (χ2n) is 6.36. The first-order chi connectivity index (χ1) is 14.1. The average Bonchev–Trinajstić information content (AvgIpc) is 3.44. The molecule has 0 unspecified atom stereocenters. The van der Waals surface area contributed by atoms with Gasteiger partial charge in [-0.05, 0) is 49.6 Å². The fourth-order valence-electron chi connectivity index (χ4n) is 2.88. The Morgan fingerprint density at radius 2 is 2.03 bits per heavy atom. The minimum atomic E-state index is -0.0723. The second kappa shape index (κ2) is 8.59. The monoisotopic (exact) mass is 424 g/mol. The average molecular weight is 425 g/mol. The molecular weight excluding hydrogens is 404 g/mol. The number of anilines is 1. The van der Waals surface area contributed by atoms with Gasteiger partial charge < -0.3 is 10.1 Å². The van der Waals surface area contributed by atoms with E-state index in [9.17, 15) is 4.79 Å². The highest BCUT2D eigenvalue weighted by molar-refractivity contribution is 7.12. The summed E-state index contributed by atoms with van der Waals surface area (Å²) in [6.07, 6.45) is 0.344. The third-order valence-corrected chi connectivity index (χ3v) is 5.84. The van der Waals surface area contributed by atoms with E-state index in [2.05, 4.69) is 10.4 Å². The Morgan fingerprint density at radius 1 is 1.21 bits per heavy atom. The maximum Gasteiger partial charge on any atom is 0.230 e. The molecule has 4 rings (SSSR count). The topological polar surface area (TPSA) is 69.0 Å². The van der Waals surface area contributed by atoms with Crippen molar-refractivity contribution in [1.29, 1.82) is 0 Å². The van der Waals surface area contributed by atoms with Gasteiger partial charge in [-0.2, -0.15) is 9.78 Å². The number of nitrogens with one attached hydrogen (secondary N) is 1. The van der Waals surface area contributed by atoms with Crippen LogP contribution in [0.1, 0.15) is 17.5 Å². The van der Waals surface area contributed by atoms with Gasteiger partial charge in [0.2, 0.25) is 11.0 Å². The summed E-state index contributed by atoms with van der Waals surface area (Å²) >= 11 is 3.05. The van der Waals surface area contributed by atoms with Crippen LogP contribution in [0.25, 0.3) is 16.4 Å². The molecule has 29 heavy (non-hydrogen) atoms. The van der Waals surface area contributed by atoms with Gasteiger partial charge in [0.15, 0.2) is 0 Å². The number of amides is 1. The number of ether oxygens (including phenoxy) is 1. The maximum atomic E-state index is 12.4. The molecule has 0 fully saturated rings. The summed E-state index contributed by atoms with van der Waals surface area (Å²) in [4.78, 5) is 18.1. The number of carbonyl (C=O) groups is 1. The normalized spacial score (nSPS) is 10.8. The summed E-state index contributed by atoms with van der Waals surface area (Å²) in [5.41, 5.74) is 2.68. The number of thiophene rings is 1. The van der Waals surface area contributed by atoms with Gasteiger partial charge in [-0.3, -0.25) is 4.79 Å². The van der Waals surface area contributed by atoms with Crippen molar-refractivity contribution < 1.29 is 9.53 Å². The van der Waals surface area contributed by atoms with Crippen molar-refractivity contribution in [2.75, 3.05) is 11.9 Å². The van der Waals surface area contributed by atoms with Crippen molar-refractivity contribution in [3.63, 3.8) is 0 Å². The Bertz CT molecular complexity index is 1100. The predicted octanol–water partition coefficient (Wildman–Crippen LogP) is 4.95. The molecule has 8 heteroatoms. The number of benzene rings is 1. The Hall–Kier alpha value is -2.97. The molecule has 0 bridgehead atoms. The van der Waals surface area contributed by atoms with Crippen LogP contribution in [0.15, 0.2) is 53.2 Å². The van der Waals surface area contributed by atoms with E-state index in [1.807, 2.05) is 67.1 Å². The minimum absolute atomic E-state index is 0.0723. The molecule has 4 aromatic rings. The number of aryl methyl sites for hydroxylation is 1. The molecule has 0 aliphatic heterocycles. The number of nitrogens with zero attached hydrogens (tertiary/aromatic N) is 3. The van der Waals surface area contributed by atoms with E-state index in [-0.39, 0.29) is 5.91 Å². The zero-order valence-electron chi connectivity index (χ0n) is 16.1. The number of thiazole rings is 1. The van der Waals surface area contributed by atoms with Crippen LogP contribution in [-0.2, 0) is 11.2 Å². The van der Waals surface area contributed by atoms with Gasteiger partial charge in [0.1, 0.15) is 11.6 Å². The maximum absolute atomic E-state index is 12.4. The lowest BCUT2D eigenvalue weighted by molar-refractivity contribution is -0.115. The molecule has 6 nitrogen and oxygen atoms in total. The highest BCUT2D eigenvalue weighted by Crippen LogP contribution is 2.27. The summed E-state index contributed by atoms with van der Waals surface area (Å²) in [6, 6.07) is 13.6. The predicted molar refractivity (Wildman–Crippen MR) is 117 cm³/mol. The van der Waals surface area contributed by atoms with Crippen LogP contribution < -0.4 is 10.1 Å². The molecule has 0 aliphatic rings. The summed E-state index contributed by atoms with van der Waals surface area (Å²) in [5.74, 6) is 1.39.